The Labute approximate surface area is 803 Å². The number of rotatable bonds is 12. The molecule has 5 N–H and O–H groups in total. The van der Waals surface area contributed by atoms with Crippen molar-refractivity contribution in [3.05, 3.63) is 257 Å². The van der Waals surface area contributed by atoms with Crippen LogP contribution in [0.1, 0.15) is 139 Å². The molecule has 6 heterocycles. The summed E-state index contributed by atoms with van der Waals surface area (Å²) >= 11 is 23.0. The van der Waals surface area contributed by atoms with Crippen LogP contribution >= 0.6 is 124 Å². The van der Waals surface area contributed by atoms with Gasteiger partial charge in [0.1, 0.15) is 63.2 Å². The molecular weight excluding hydrogens is 2140 g/mol. The second-order valence-electron chi connectivity index (χ2n) is 30.4. The summed E-state index contributed by atoms with van der Waals surface area (Å²) < 4.78 is 77.9. The predicted octanol–water partition coefficient (Wildman–Crippen LogP) is 20.3. The van der Waals surface area contributed by atoms with Crippen LogP contribution in [-0.2, 0) is 33.4 Å². The number of halogens is 8. The summed E-state index contributed by atoms with van der Waals surface area (Å²) in [6, 6.07) is 44.2. The van der Waals surface area contributed by atoms with Gasteiger partial charge in [0.2, 0.25) is 0 Å². The fourth-order valence-electron chi connectivity index (χ4n) is 11.4. The van der Waals surface area contributed by atoms with Gasteiger partial charge in [-0.2, -0.15) is 8.42 Å². The smallest absolute Gasteiger partial charge is 0.413 e. The zero-order valence-electron chi connectivity index (χ0n) is 72.0. The number of phenolic OH excluding ortho intramolecular Hbond substituents is 2. The number of ether oxygens (including phenoxy) is 7. The lowest BCUT2D eigenvalue weighted by molar-refractivity contribution is -0.179. The Morgan fingerprint density at radius 1 is 0.598 bits per heavy atom. The number of likely N-dealkylation sites (tertiary alicyclic amines) is 1. The van der Waals surface area contributed by atoms with E-state index >= 15 is 0 Å². The Morgan fingerprint density at radius 2 is 1.06 bits per heavy atom. The number of ketones is 4. The molecule has 0 aliphatic carbocycles. The molecule has 2 atom stereocenters. The Hall–Kier alpha value is -8.89. The van der Waals surface area contributed by atoms with E-state index in [2.05, 4.69) is 143 Å². The van der Waals surface area contributed by atoms with Crippen LogP contribution in [0.4, 0.5) is 4.79 Å². The topological polar surface area (TPSA) is 365 Å². The Kier molecular flexibility index (Phi) is 44.6. The van der Waals surface area contributed by atoms with Gasteiger partial charge in [-0.1, -0.05) is 140 Å². The third kappa shape index (κ3) is 36.2. The molecule has 28 nitrogen and oxygen atoms in total. The number of allylic oxidation sites excluding steroid dienone is 1. The number of phenols is 2. The maximum Gasteiger partial charge on any atom is 0.413 e. The Morgan fingerprint density at radius 3 is 1.55 bits per heavy atom. The van der Waals surface area contributed by atoms with Gasteiger partial charge in [0.25, 0.3) is 6.47 Å². The van der Waals surface area contributed by atoms with Gasteiger partial charge in [0, 0.05) is 107 Å². The predicted molar refractivity (Wildman–Crippen MR) is 515 cm³/mol. The van der Waals surface area contributed by atoms with Crippen molar-refractivity contribution in [2.45, 2.75) is 122 Å². The molecule has 8 aromatic carbocycles. The van der Waals surface area contributed by atoms with E-state index in [1.807, 2.05) is 114 Å². The molecule has 37 heteroatoms. The first-order valence-corrected chi connectivity index (χ1v) is 45.7. The molecule has 0 saturated carbocycles. The van der Waals surface area contributed by atoms with Crippen molar-refractivity contribution < 1.29 is 94.5 Å². The van der Waals surface area contributed by atoms with Crippen LogP contribution in [0.3, 0.4) is 0 Å². The lowest BCUT2D eigenvalue weighted by Crippen LogP contribution is -2.46. The van der Waals surface area contributed by atoms with E-state index < -0.39 is 34.1 Å². The molecule has 14 rings (SSSR count). The maximum atomic E-state index is 12.2. The average Bonchev–Trinajstić information content (AvgIpc) is 1.39. The molecule has 1 aromatic heterocycles. The average molecular weight is 2240 g/mol. The standard InChI is InChI=1S/C16H14BrNO4S.C11H12BrNO2.C10H17NO4.2C9H8BrNO2.C9H7BrO2.C9H5BrO2.C9H22N2O.C8H7BrO2.ClH/c1-11-2-5-13(6-3-11)23(19,20)22-18-15-8-9-21-16-10-12(17)4-7-14(15)16;1-13(2)6-5-10(14)9-4-3-8(12)7-11(9)15;1-10(2,3)15-9(13)11-6-4-5-8(11)14-7-12;10-5-1-2-6-8(3-5)13-4-7(11)9(6)12;10-6-1-2-7-8(11-12)3-4-13-9(7)5-6;2*10-6-1-2-7-8(11)3-4-12-9(7)5-6;1-9(2,3)12-8(10(4)5)11(6)7;1-5(10)7-3-2-6(9)4-8(7)11;/h2-7,10H,8-9H2,1H3;3-7,15H,1-2H3;7-8H,4-6H2,1-3H3;1-3,7H,4,11H2;1-2,5,12H,3-4H2;1-2,5H,3-4H2;1-5H;8H,1-7H3;2-4,11H,1H3;1H/b18-15+;6-5+;;;11-8+;;;;;/t;;8-;;;;;;;/m..1......./s1. The lowest BCUT2D eigenvalue weighted by atomic mass is 10.0. The minimum atomic E-state index is -3.92. The number of Topliss-reactive ketones (excluding diaryl/α,β-unsaturated/α-hetero) is 3. The maximum absolute atomic E-state index is 12.2. The fourth-order valence-corrected chi connectivity index (χ4v) is 14.5. The molecule has 5 aliphatic heterocycles. The van der Waals surface area contributed by atoms with Crippen molar-refractivity contribution in [3.63, 3.8) is 0 Å². The Bertz CT molecular complexity index is 5530. The van der Waals surface area contributed by atoms with Crippen molar-refractivity contribution in [1.29, 1.82) is 0 Å². The van der Waals surface area contributed by atoms with E-state index in [4.69, 9.17) is 52.8 Å². The van der Waals surface area contributed by atoms with Crippen LogP contribution in [0.5, 0.6) is 34.5 Å². The number of benzene rings is 8. The number of fused-ring (bicyclic) bond motifs is 5. The van der Waals surface area contributed by atoms with Gasteiger partial charge in [-0.05, 0) is 230 Å². The molecule has 1 fully saturated rings. The number of hydrogen-bond donors (Lipinski definition) is 4. The van der Waals surface area contributed by atoms with Gasteiger partial charge in [-0.3, -0.25) is 47.8 Å². The van der Waals surface area contributed by atoms with Crippen LogP contribution in [0.2, 0.25) is 0 Å². The summed E-state index contributed by atoms with van der Waals surface area (Å²) in [6.45, 7) is 17.6. The first kappa shape index (κ1) is 109. The number of oxime groups is 2. The largest absolute Gasteiger partial charge is 0.507 e. The SMILES string of the molecule is CC(=O)c1ccc(Br)cc1O.CC(C)(C)OC(=O)N1CCC[C@H]1OC=O.CN(C)/C=C/C(=O)c1ccc(Br)cc1O.CN(C)C(OC(C)(C)C)N(C)C.Cc1ccc(S(=O)(=O)O/N=C2\CCOc3cc(Br)ccc32)cc1.Cl.NC1COc2cc(Br)ccc2C1=O.O/N=C1\CCOc2cc(Br)ccc21.O=C1CCOc2cc(Br)ccc21.O=c1ccoc2cc(Br)ccc12. The molecule has 0 radical (unpaired) electrons. The highest BCUT2D eigenvalue weighted by Gasteiger charge is 2.34. The van der Waals surface area contributed by atoms with Crippen molar-refractivity contribution in [2.75, 3.05) is 75.3 Å². The number of hydrogen-bond acceptors (Lipinski definition) is 27. The van der Waals surface area contributed by atoms with Crippen molar-refractivity contribution >= 4 is 192 Å². The van der Waals surface area contributed by atoms with E-state index in [1.165, 1.54) is 54.5 Å². The minimum Gasteiger partial charge on any atom is -0.507 e. The van der Waals surface area contributed by atoms with Crippen LogP contribution < -0.4 is 30.1 Å². The van der Waals surface area contributed by atoms with Gasteiger partial charge < -0.3 is 63.6 Å². The van der Waals surface area contributed by atoms with Crippen LogP contribution in [0.25, 0.3) is 11.0 Å². The van der Waals surface area contributed by atoms with Crippen LogP contribution in [0, 0.1) is 6.92 Å². The number of nitrogens with zero attached hydrogens (tertiary/aromatic N) is 6. The quantitative estimate of drug-likeness (QED) is 0.0220. The molecule has 1 amide bonds. The van der Waals surface area contributed by atoms with E-state index in [0.717, 1.165) is 60.2 Å². The molecule has 127 heavy (non-hydrogen) atoms. The summed E-state index contributed by atoms with van der Waals surface area (Å²) in [6.07, 6.45) is 6.77. The number of carbonyl (C=O) groups is 6. The fraction of sp³-hybridized carbons (Fsp3) is 0.322. The molecule has 1 unspecified atom stereocenters. The van der Waals surface area contributed by atoms with Gasteiger partial charge in [-0.25, -0.2) is 4.79 Å². The molecule has 0 spiro atoms. The number of nitrogens with two attached hydrogens (primary N) is 1. The number of amides is 1. The minimum absolute atomic E-state index is 0. The first-order chi connectivity index (χ1) is 59.3. The molecular formula is C90H101Br7ClN7O21S. The Balaban J connectivity index is 0.000000256. The summed E-state index contributed by atoms with van der Waals surface area (Å²) in [5, 5.41) is 35.2. The van der Waals surface area contributed by atoms with E-state index in [0.29, 0.717) is 120 Å². The molecule has 9 aromatic rings. The van der Waals surface area contributed by atoms with Crippen LogP contribution in [-0.4, -0.2) is 196 Å². The zero-order chi connectivity index (χ0) is 93.5. The van der Waals surface area contributed by atoms with Crippen LogP contribution in [0.15, 0.2) is 232 Å². The lowest BCUT2D eigenvalue weighted by Gasteiger charge is -2.35. The van der Waals surface area contributed by atoms with Gasteiger partial charge in [0.05, 0.1) is 70.7 Å². The van der Waals surface area contributed by atoms with Crippen molar-refractivity contribution in [1.82, 2.24) is 19.6 Å². The van der Waals surface area contributed by atoms with Crippen molar-refractivity contribution in [2.24, 2.45) is 16.0 Å². The molecule has 684 valence electrons. The summed E-state index contributed by atoms with van der Waals surface area (Å²) in [5.41, 5.74) is 11.3. The molecule has 5 aliphatic rings. The number of carbonyl (C=O) groups excluding carboxylic acids is 6. The van der Waals surface area contributed by atoms with E-state index in [1.54, 1.807) is 105 Å². The highest BCUT2D eigenvalue weighted by molar-refractivity contribution is 9.11. The van der Waals surface area contributed by atoms with Gasteiger partial charge >= 0.3 is 16.2 Å². The second kappa shape index (κ2) is 52.1. The molecule has 0 bridgehead atoms. The van der Waals surface area contributed by atoms with Crippen molar-refractivity contribution in [3.8, 4) is 34.5 Å². The molecule has 1 saturated heterocycles. The van der Waals surface area contributed by atoms with E-state index in [9.17, 15) is 52.2 Å². The van der Waals surface area contributed by atoms with Gasteiger partial charge in [-0.15, -0.1) is 12.4 Å². The zero-order valence-corrected chi connectivity index (χ0v) is 84.8. The summed E-state index contributed by atoms with van der Waals surface area (Å²) in [4.78, 5) is 85.7. The second-order valence-corrected chi connectivity index (χ2v) is 38.4. The number of aromatic hydroxyl groups is 2. The van der Waals surface area contributed by atoms with Gasteiger partial charge in [0.15, 0.2) is 41.1 Å². The first-order valence-electron chi connectivity index (χ1n) is 38.7. The summed E-state index contributed by atoms with van der Waals surface area (Å²) in [7, 11) is 7.77. The normalized spacial score (nSPS) is 15.1. The summed E-state index contributed by atoms with van der Waals surface area (Å²) in [5.74, 6) is 2.52. The third-order valence-corrected chi connectivity index (χ3v) is 21.8. The number of aryl methyl sites for hydroxylation is 1. The third-order valence-electron chi connectivity index (χ3n) is 17.3. The van der Waals surface area contributed by atoms with E-state index in [-0.39, 0.29) is 75.9 Å². The monoisotopic (exact) mass is 2240 g/mol. The highest BCUT2D eigenvalue weighted by Crippen LogP contribution is 2.34. The highest BCUT2D eigenvalue weighted by atomic mass is 79.9.